The van der Waals surface area contributed by atoms with E-state index in [0.29, 0.717) is 0 Å². The molecular formula is C13H13BrFN. The molecule has 1 nitrogen and oxygen atoms in total. The molecule has 0 atom stereocenters. The van der Waals surface area contributed by atoms with Gasteiger partial charge in [-0.05, 0) is 25.0 Å². The van der Waals surface area contributed by atoms with E-state index in [2.05, 4.69) is 20.9 Å². The first kappa shape index (κ1) is 10.5. The molecule has 1 spiro atoms. The van der Waals surface area contributed by atoms with Gasteiger partial charge in [0.15, 0.2) is 0 Å². The minimum Gasteiger partial charge on any atom is -0.260 e. The normalized spacial score (nSPS) is 21.4. The predicted molar refractivity (Wildman–Crippen MR) is 67.0 cm³/mol. The second-order valence-electron chi connectivity index (χ2n) is 4.76. The zero-order chi connectivity index (χ0) is 11.2. The van der Waals surface area contributed by atoms with Gasteiger partial charge in [-0.1, -0.05) is 35.2 Å². The van der Waals surface area contributed by atoms with Crippen LogP contribution in [0.3, 0.4) is 0 Å². The summed E-state index contributed by atoms with van der Waals surface area (Å²) >= 11 is 3.31. The number of aliphatic imine (C=N–C) groups is 1. The third-order valence-electron chi connectivity index (χ3n) is 3.73. The first-order chi connectivity index (χ1) is 7.71. The summed E-state index contributed by atoms with van der Waals surface area (Å²) in [6.07, 6.45) is 7.70. The molecule has 84 valence electrons. The van der Waals surface area contributed by atoms with E-state index in [1.54, 1.807) is 6.07 Å². The highest BCUT2D eigenvalue weighted by Crippen LogP contribution is 2.47. The van der Waals surface area contributed by atoms with Crippen LogP contribution in [0.5, 0.6) is 0 Å². The Morgan fingerprint density at radius 1 is 1.19 bits per heavy atom. The fourth-order valence-electron chi connectivity index (χ4n) is 2.97. The molecule has 1 aromatic rings. The van der Waals surface area contributed by atoms with Gasteiger partial charge in [0.25, 0.3) is 0 Å². The predicted octanol–water partition coefficient (Wildman–Crippen LogP) is 4.51. The number of hydrogen-bond donors (Lipinski definition) is 0. The van der Waals surface area contributed by atoms with E-state index in [0.717, 1.165) is 28.6 Å². The minimum atomic E-state index is -0.108. The quantitative estimate of drug-likeness (QED) is 0.664. The molecule has 1 heterocycles. The molecule has 0 N–H and O–H groups in total. The van der Waals surface area contributed by atoms with Gasteiger partial charge in [0.1, 0.15) is 5.82 Å². The molecular weight excluding hydrogens is 269 g/mol. The SMILES string of the molecule is Fc1cc(Br)cc2c1C1(C=N2)CCCCC1. The van der Waals surface area contributed by atoms with Crippen molar-refractivity contribution in [3.05, 3.63) is 28.0 Å². The molecule has 3 heteroatoms. The van der Waals surface area contributed by atoms with Crippen molar-refractivity contribution in [1.29, 1.82) is 0 Å². The first-order valence-corrected chi connectivity index (χ1v) is 6.55. The molecule has 3 rings (SSSR count). The summed E-state index contributed by atoms with van der Waals surface area (Å²) in [5.74, 6) is -0.108. The Bertz CT molecular complexity index is 461. The second-order valence-corrected chi connectivity index (χ2v) is 5.67. The van der Waals surface area contributed by atoms with Crippen molar-refractivity contribution in [1.82, 2.24) is 0 Å². The first-order valence-electron chi connectivity index (χ1n) is 5.76. The van der Waals surface area contributed by atoms with Crippen LogP contribution >= 0.6 is 15.9 Å². The van der Waals surface area contributed by atoms with Gasteiger partial charge >= 0.3 is 0 Å². The van der Waals surface area contributed by atoms with Crippen molar-refractivity contribution in [3.63, 3.8) is 0 Å². The minimum absolute atomic E-state index is 0.0988. The number of nitrogens with zero attached hydrogens (tertiary/aromatic N) is 1. The van der Waals surface area contributed by atoms with Gasteiger partial charge in [-0.25, -0.2) is 4.39 Å². The number of benzene rings is 1. The van der Waals surface area contributed by atoms with Gasteiger partial charge in [-0.15, -0.1) is 0 Å². The zero-order valence-corrected chi connectivity index (χ0v) is 10.6. The van der Waals surface area contributed by atoms with Crippen molar-refractivity contribution in [3.8, 4) is 0 Å². The third kappa shape index (κ3) is 1.45. The maximum absolute atomic E-state index is 14.1. The summed E-state index contributed by atoms with van der Waals surface area (Å²) in [5.41, 5.74) is 1.54. The van der Waals surface area contributed by atoms with Gasteiger partial charge in [0.2, 0.25) is 0 Å². The molecule has 0 saturated heterocycles. The van der Waals surface area contributed by atoms with Crippen LogP contribution in [0.1, 0.15) is 37.7 Å². The molecule has 1 saturated carbocycles. The van der Waals surface area contributed by atoms with Crippen molar-refractivity contribution in [2.24, 2.45) is 4.99 Å². The summed E-state index contributed by atoms with van der Waals surface area (Å²) < 4.78 is 14.8. The largest absolute Gasteiger partial charge is 0.260 e. The maximum atomic E-state index is 14.1. The molecule has 0 unspecified atom stereocenters. The molecule has 0 aromatic heterocycles. The van der Waals surface area contributed by atoms with E-state index < -0.39 is 0 Å². The van der Waals surface area contributed by atoms with E-state index in [-0.39, 0.29) is 11.2 Å². The van der Waals surface area contributed by atoms with Crippen molar-refractivity contribution < 1.29 is 4.39 Å². The van der Waals surface area contributed by atoms with Gasteiger partial charge in [0, 0.05) is 21.7 Å². The Balaban J connectivity index is 2.14. The molecule has 16 heavy (non-hydrogen) atoms. The Hall–Kier alpha value is -0.700. The Morgan fingerprint density at radius 3 is 2.69 bits per heavy atom. The lowest BCUT2D eigenvalue weighted by molar-refractivity contribution is 0.380. The summed E-state index contributed by atoms with van der Waals surface area (Å²) in [6.45, 7) is 0. The average molecular weight is 282 g/mol. The second kappa shape index (κ2) is 3.66. The monoisotopic (exact) mass is 281 g/mol. The van der Waals surface area contributed by atoms with E-state index in [1.807, 2.05) is 12.3 Å². The standard InChI is InChI=1S/C13H13BrFN/c14-9-6-10(15)12-11(7-9)16-8-13(12)4-2-1-3-5-13/h6-8H,1-5H2. The molecule has 1 aliphatic carbocycles. The van der Waals surface area contributed by atoms with Gasteiger partial charge in [0.05, 0.1) is 5.69 Å². The highest BCUT2D eigenvalue weighted by atomic mass is 79.9. The van der Waals surface area contributed by atoms with Gasteiger partial charge in [-0.3, -0.25) is 4.99 Å². The Kier molecular flexibility index (Phi) is 2.39. The van der Waals surface area contributed by atoms with Gasteiger partial charge in [-0.2, -0.15) is 0 Å². The maximum Gasteiger partial charge on any atom is 0.130 e. The number of rotatable bonds is 0. The van der Waals surface area contributed by atoms with Crippen LogP contribution < -0.4 is 0 Å². The summed E-state index contributed by atoms with van der Waals surface area (Å²) in [5, 5.41) is 0. The number of halogens is 2. The summed E-state index contributed by atoms with van der Waals surface area (Å²) in [4.78, 5) is 4.40. The van der Waals surface area contributed by atoms with Crippen molar-refractivity contribution in [2.45, 2.75) is 37.5 Å². The Labute approximate surface area is 103 Å². The summed E-state index contributed by atoms with van der Waals surface area (Å²) in [6, 6.07) is 3.47. The highest BCUT2D eigenvalue weighted by molar-refractivity contribution is 9.10. The fourth-order valence-corrected chi connectivity index (χ4v) is 3.39. The van der Waals surface area contributed by atoms with Gasteiger partial charge < -0.3 is 0 Å². The van der Waals surface area contributed by atoms with Crippen molar-refractivity contribution >= 4 is 27.8 Å². The lowest BCUT2D eigenvalue weighted by Gasteiger charge is -2.31. The smallest absolute Gasteiger partial charge is 0.130 e. The topological polar surface area (TPSA) is 12.4 Å². The van der Waals surface area contributed by atoms with E-state index in [9.17, 15) is 4.39 Å². The molecule has 0 bridgehead atoms. The van der Waals surface area contributed by atoms with Crippen LogP contribution in [-0.4, -0.2) is 6.21 Å². The van der Waals surface area contributed by atoms with Crippen LogP contribution in [0.4, 0.5) is 10.1 Å². The zero-order valence-electron chi connectivity index (χ0n) is 8.97. The van der Waals surface area contributed by atoms with E-state index in [1.165, 1.54) is 19.3 Å². The average Bonchev–Trinajstić information content (AvgIpc) is 2.58. The number of fused-ring (bicyclic) bond motifs is 2. The lowest BCUT2D eigenvalue weighted by Crippen LogP contribution is -2.29. The Morgan fingerprint density at radius 2 is 1.94 bits per heavy atom. The van der Waals surface area contributed by atoms with Crippen LogP contribution in [0.15, 0.2) is 21.6 Å². The van der Waals surface area contributed by atoms with Crippen LogP contribution in [0.2, 0.25) is 0 Å². The van der Waals surface area contributed by atoms with Crippen LogP contribution in [-0.2, 0) is 5.41 Å². The van der Waals surface area contributed by atoms with E-state index in [4.69, 9.17) is 0 Å². The molecule has 1 aliphatic heterocycles. The molecule has 1 fully saturated rings. The fraction of sp³-hybridized carbons (Fsp3) is 0.462. The third-order valence-corrected chi connectivity index (χ3v) is 4.19. The van der Waals surface area contributed by atoms with Crippen LogP contribution in [0, 0.1) is 5.82 Å². The molecule has 2 aliphatic rings. The molecule has 0 amide bonds. The lowest BCUT2D eigenvalue weighted by atomic mass is 9.71. The van der Waals surface area contributed by atoms with E-state index >= 15 is 0 Å². The highest BCUT2D eigenvalue weighted by Gasteiger charge is 2.39. The van der Waals surface area contributed by atoms with Crippen LogP contribution in [0.25, 0.3) is 0 Å². The molecule has 0 radical (unpaired) electrons. The summed E-state index contributed by atoms with van der Waals surface area (Å²) in [7, 11) is 0. The van der Waals surface area contributed by atoms with Crippen molar-refractivity contribution in [2.75, 3.05) is 0 Å². The number of hydrogen-bond acceptors (Lipinski definition) is 1. The molecule has 1 aromatic carbocycles.